The van der Waals surface area contributed by atoms with Crippen molar-refractivity contribution in [3.8, 4) is 0 Å². The highest BCUT2D eigenvalue weighted by Gasteiger charge is 2.38. The normalized spacial score (nSPS) is 27.8. The predicted octanol–water partition coefficient (Wildman–Crippen LogP) is 1.94. The van der Waals surface area contributed by atoms with Gasteiger partial charge in [-0.25, -0.2) is 0 Å². The Labute approximate surface area is 107 Å². The molecule has 0 radical (unpaired) electrons. The standard InChI is InChI=1S/C14H20O4/c1-2-10-11(13(16)9-12(10)15)7-5-3-4-6-8-14(17)18/h2-3,5,10-12,15H,1,4,6-9H2,(H,17,18)/b5-3-/t10-,11-,12+/m1/s1. The first-order valence-corrected chi connectivity index (χ1v) is 6.26. The number of carboxylic acids is 1. The lowest BCUT2D eigenvalue weighted by molar-refractivity contribution is -0.137. The molecule has 0 bridgehead atoms. The van der Waals surface area contributed by atoms with Crippen LogP contribution in [0.25, 0.3) is 0 Å². The monoisotopic (exact) mass is 252 g/mol. The fraction of sp³-hybridized carbons (Fsp3) is 0.571. The topological polar surface area (TPSA) is 74.6 Å². The van der Waals surface area contributed by atoms with Crippen molar-refractivity contribution in [2.45, 2.75) is 38.2 Å². The van der Waals surface area contributed by atoms with E-state index in [0.29, 0.717) is 19.3 Å². The highest BCUT2D eigenvalue weighted by atomic mass is 16.4. The molecule has 0 aliphatic heterocycles. The van der Waals surface area contributed by atoms with Gasteiger partial charge in [0.2, 0.25) is 0 Å². The van der Waals surface area contributed by atoms with E-state index < -0.39 is 12.1 Å². The zero-order chi connectivity index (χ0) is 13.5. The molecule has 1 rings (SSSR count). The summed E-state index contributed by atoms with van der Waals surface area (Å²) in [6.45, 7) is 3.65. The van der Waals surface area contributed by atoms with Crippen molar-refractivity contribution < 1.29 is 19.8 Å². The van der Waals surface area contributed by atoms with E-state index in [2.05, 4.69) is 6.58 Å². The largest absolute Gasteiger partial charge is 0.481 e. The molecule has 0 saturated heterocycles. The van der Waals surface area contributed by atoms with E-state index in [1.807, 2.05) is 12.2 Å². The smallest absolute Gasteiger partial charge is 0.303 e. The molecule has 100 valence electrons. The Kier molecular flexibility index (Phi) is 5.78. The molecular formula is C14H20O4. The van der Waals surface area contributed by atoms with Gasteiger partial charge in [0.05, 0.1) is 6.10 Å². The zero-order valence-corrected chi connectivity index (χ0v) is 10.4. The molecule has 0 aromatic rings. The van der Waals surface area contributed by atoms with Crippen molar-refractivity contribution >= 4 is 11.8 Å². The van der Waals surface area contributed by atoms with Crippen molar-refractivity contribution in [3.63, 3.8) is 0 Å². The number of unbranched alkanes of at least 4 members (excludes halogenated alkanes) is 1. The molecular weight excluding hydrogens is 232 g/mol. The first kappa shape index (κ1) is 14.6. The molecule has 1 aliphatic rings. The summed E-state index contributed by atoms with van der Waals surface area (Å²) in [5.74, 6) is -1.03. The van der Waals surface area contributed by atoms with E-state index in [-0.39, 0.29) is 30.5 Å². The maximum atomic E-state index is 11.6. The van der Waals surface area contributed by atoms with Crippen LogP contribution in [-0.2, 0) is 9.59 Å². The summed E-state index contributed by atoms with van der Waals surface area (Å²) in [7, 11) is 0. The first-order chi connectivity index (χ1) is 8.56. The van der Waals surface area contributed by atoms with Gasteiger partial charge in [-0.05, 0) is 19.3 Å². The summed E-state index contributed by atoms with van der Waals surface area (Å²) in [5, 5.41) is 18.1. The minimum Gasteiger partial charge on any atom is -0.481 e. The van der Waals surface area contributed by atoms with Gasteiger partial charge >= 0.3 is 5.97 Å². The number of carbonyl (C=O) groups is 2. The number of allylic oxidation sites excluding steroid dienone is 2. The zero-order valence-electron chi connectivity index (χ0n) is 10.4. The van der Waals surface area contributed by atoms with Gasteiger partial charge < -0.3 is 10.2 Å². The Morgan fingerprint density at radius 3 is 2.78 bits per heavy atom. The lowest BCUT2D eigenvalue weighted by atomic mass is 9.91. The van der Waals surface area contributed by atoms with Crippen molar-refractivity contribution in [1.29, 1.82) is 0 Å². The Balaban J connectivity index is 2.33. The number of carbonyl (C=O) groups excluding carboxylic acids is 1. The van der Waals surface area contributed by atoms with Crippen LogP contribution in [-0.4, -0.2) is 28.1 Å². The third-order valence-electron chi connectivity index (χ3n) is 3.32. The molecule has 2 N–H and O–H groups in total. The number of hydrogen-bond donors (Lipinski definition) is 2. The third-order valence-corrected chi connectivity index (χ3v) is 3.32. The quantitative estimate of drug-likeness (QED) is 0.536. The summed E-state index contributed by atoms with van der Waals surface area (Å²) < 4.78 is 0. The number of aliphatic hydroxyl groups excluding tert-OH is 1. The molecule has 0 amide bonds. The van der Waals surface area contributed by atoms with Gasteiger partial charge in [0.1, 0.15) is 5.78 Å². The summed E-state index contributed by atoms with van der Waals surface area (Å²) in [5.41, 5.74) is 0. The number of carboxylic acid groups (broad SMARTS) is 1. The van der Waals surface area contributed by atoms with Crippen molar-refractivity contribution in [2.24, 2.45) is 11.8 Å². The van der Waals surface area contributed by atoms with Gasteiger partial charge in [-0.15, -0.1) is 6.58 Å². The predicted molar refractivity (Wildman–Crippen MR) is 68.1 cm³/mol. The fourth-order valence-electron chi connectivity index (χ4n) is 2.32. The second kappa shape index (κ2) is 7.11. The van der Waals surface area contributed by atoms with Gasteiger partial charge in [-0.1, -0.05) is 18.2 Å². The molecule has 0 unspecified atom stereocenters. The van der Waals surface area contributed by atoms with E-state index in [1.54, 1.807) is 6.08 Å². The summed E-state index contributed by atoms with van der Waals surface area (Å²) in [6.07, 6.45) is 7.15. The van der Waals surface area contributed by atoms with E-state index in [0.717, 1.165) is 0 Å². The van der Waals surface area contributed by atoms with Gasteiger partial charge in [0.25, 0.3) is 0 Å². The van der Waals surface area contributed by atoms with Gasteiger partial charge in [-0.2, -0.15) is 0 Å². The molecule has 4 nitrogen and oxygen atoms in total. The van der Waals surface area contributed by atoms with Gasteiger partial charge in [-0.3, -0.25) is 9.59 Å². The minimum atomic E-state index is -0.788. The van der Waals surface area contributed by atoms with Crippen LogP contribution in [0.5, 0.6) is 0 Å². The van der Waals surface area contributed by atoms with Crippen LogP contribution in [0.3, 0.4) is 0 Å². The molecule has 3 atom stereocenters. The number of aliphatic hydroxyl groups is 1. The van der Waals surface area contributed by atoms with E-state index in [1.165, 1.54) is 0 Å². The molecule has 0 aromatic heterocycles. The van der Waals surface area contributed by atoms with Crippen LogP contribution >= 0.6 is 0 Å². The van der Waals surface area contributed by atoms with E-state index in [9.17, 15) is 14.7 Å². The number of Topliss-reactive ketones (excluding diaryl/α,β-unsaturated/α-hetero) is 1. The Hall–Kier alpha value is -1.42. The van der Waals surface area contributed by atoms with Crippen molar-refractivity contribution in [3.05, 3.63) is 24.8 Å². The average Bonchev–Trinajstić information content (AvgIpc) is 2.57. The number of rotatable bonds is 7. The summed E-state index contributed by atoms with van der Waals surface area (Å²) >= 11 is 0. The van der Waals surface area contributed by atoms with Gasteiger partial charge in [0.15, 0.2) is 0 Å². The Morgan fingerprint density at radius 2 is 2.17 bits per heavy atom. The molecule has 1 saturated carbocycles. The molecule has 18 heavy (non-hydrogen) atoms. The molecule has 1 fully saturated rings. The Morgan fingerprint density at radius 1 is 1.44 bits per heavy atom. The number of aliphatic carboxylic acids is 1. The highest BCUT2D eigenvalue weighted by Crippen LogP contribution is 2.32. The molecule has 0 aromatic carbocycles. The third kappa shape index (κ3) is 4.11. The van der Waals surface area contributed by atoms with Crippen LogP contribution in [0.1, 0.15) is 32.1 Å². The molecule has 1 aliphatic carbocycles. The number of ketones is 1. The lowest BCUT2D eigenvalue weighted by Gasteiger charge is -2.14. The van der Waals surface area contributed by atoms with E-state index >= 15 is 0 Å². The first-order valence-electron chi connectivity index (χ1n) is 6.26. The molecule has 0 spiro atoms. The van der Waals surface area contributed by atoms with E-state index in [4.69, 9.17) is 5.11 Å². The van der Waals surface area contributed by atoms with Crippen LogP contribution in [0.15, 0.2) is 24.8 Å². The van der Waals surface area contributed by atoms with Crippen LogP contribution in [0.4, 0.5) is 0 Å². The maximum absolute atomic E-state index is 11.6. The minimum absolute atomic E-state index is 0.0857. The van der Waals surface area contributed by atoms with Crippen LogP contribution < -0.4 is 0 Å². The van der Waals surface area contributed by atoms with Crippen molar-refractivity contribution in [1.82, 2.24) is 0 Å². The number of hydrogen-bond acceptors (Lipinski definition) is 3. The summed E-state index contributed by atoms with van der Waals surface area (Å²) in [6, 6.07) is 0. The molecule has 4 heteroatoms. The SMILES string of the molecule is C=C[C@H]1[C@@H](O)CC(=O)[C@@H]1C/C=C\CCCC(=O)O. The second-order valence-corrected chi connectivity index (χ2v) is 4.65. The summed E-state index contributed by atoms with van der Waals surface area (Å²) in [4.78, 5) is 21.9. The Bertz CT molecular complexity index is 346. The lowest BCUT2D eigenvalue weighted by Crippen LogP contribution is -2.17. The second-order valence-electron chi connectivity index (χ2n) is 4.65. The fourth-order valence-corrected chi connectivity index (χ4v) is 2.32. The highest BCUT2D eigenvalue weighted by molar-refractivity contribution is 5.84. The van der Waals surface area contributed by atoms with Crippen LogP contribution in [0, 0.1) is 11.8 Å². The van der Waals surface area contributed by atoms with Gasteiger partial charge in [0, 0.05) is 24.7 Å². The van der Waals surface area contributed by atoms with Crippen molar-refractivity contribution in [2.75, 3.05) is 0 Å². The average molecular weight is 252 g/mol. The maximum Gasteiger partial charge on any atom is 0.303 e. The molecule has 0 heterocycles. The van der Waals surface area contributed by atoms with Crippen LogP contribution in [0.2, 0.25) is 0 Å².